The van der Waals surface area contributed by atoms with E-state index in [9.17, 15) is 0 Å². The molecule has 0 radical (unpaired) electrons. The first kappa shape index (κ1) is 20.6. The fourth-order valence-corrected chi connectivity index (χ4v) is 2.44. The molecule has 24 heavy (non-hydrogen) atoms. The quantitative estimate of drug-likeness (QED) is 0.401. The molecule has 2 aromatic rings. The Hall–Kier alpha value is -1.47. The van der Waals surface area contributed by atoms with Gasteiger partial charge in [0.2, 0.25) is 0 Å². The first-order valence-corrected chi connectivity index (χ1v) is 7.82. The highest BCUT2D eigenvalue weighted by Gasteiger charge is 2.05. The number of nitrogens with one attached hydrogen (secondary N) is 2. The molecule has 4 nitrogen and oxygen atoms in total. The van der Waals surface area contributed by atoms with Crippen molar-refractivity contribution in [2.24, 2.45) is 4.99 Å². The monoisotopic (exact) mass is 459 g/mol. The Balaban J connectivity index is 0.00000288. The zero-order chi connectivity index (χ0) is 16.7. The van der Waals surface area contributed by atoms with Gasteiger partial charge in [-0.3, -0.25) is 4.99 Å². The van der Waals surface area contributed by atoms with Crippen LogP contribution in [0.3, 0.4) is 0 Å². The summed E-state index contributed by atoms with van der Waals surface area (Å²) >= 11 is 5.99. The summed E-state index contributed by atoms with van der Waals surface area (Å²) in [6.07, 6.45) is 0. The predicted molar refractivity (Wildman–Crippen MR) is 112 cm³/mol. The SMILES string of the molecule is CN=C(NCc1cccc(Cl)c1)NCc1ccc(C)cc1OC.I. The highest BCUT2D eigenvalue weighted by atomic mass is 127. The number of ether oxygens (including phenoxy) is 1. The Bertz CT molecular complexity index is 692. The van der Waals surface area contributed by atoms with Gasteiger partial charge in [0.1, 0.15) is 5.75 Å². The number of aliphatic imine (C=N–C) groups is 1. The van der Waals surface area contributed by atoms with Crippen LogP contribution in [0.25, 0.3) is 0 Å². The van der Waals surface area contributed by atoms with Gasteiger partial charge in [-0.2, -0.15) is 0 Å². The molecule has 6 heteroatoms. The molecule has 0 fully saturated rings. The molecule has 0 aliphatic heterocycles. The number of halogens is 2. The van der Waals surface area contributed by atoms with Crippen LogP contribution in [0.15, 0.2) is 47.5 Å². The van der Waals surface area contributed by atoms with Crippen LogP contribution in [0.2, 0.25) is 5.02 Å². The Kier molecular flexibility index (Phi) is 8.92. The summed E-state index contributed by atoms with van der Waals surface area (Å²) in [5.74, 6) is 1.61. The van der Waals surface area contributed by atoms with Gasteiger partial charge in [0.25, 0.3) is 0 Å². The third kappa shape index (κ3) is 6.20. The molecular weight excluding hydrogens is 437 g/mol. The molecule has 0 spiro atoms. The molecule has 0 amide bonds. The maximum Gasteiger partial charge on any atom is 0.191 e. The molecule has 0 atom stereocenters. The average molecular weight is 460 g/mol. The Morgan fingerprint density at radius 2 is 1.88 bits per heavy atom. The van der Waals surface area contributed by atoms with Crippen LogP contribution in [0.1, 0.15) is 16.7 Å². The molecule has 0 aliphatic rings. The number of guanidine groups is 1. The van der Waals surface area contributed by atoms with E-state index >= 15 is 0 Å². The zero-order valence-corrected chi connectivity index (χ0v) is 17.2. The third-order valence-electron chi connectivity index (χ3n) is 3.46. The number of rotatable bonds is 5. The summed E-state index contributed by atoms with van der Waals surface area (Å²) < 4.78 is 5.42. The lowest BCUT2D eigenvalue weighted by molar-refractivity contribution is 0.408. The highest BCUT2D eigenvalue weighted by Crippen LogP contribution is 2.19. The van der Waals surface area contributed by atoms with Gasteiger partial charge in [-0.05, 0) is 36.2 Å². The van der Waals surface area contributed by atoms with Crippen molar-refractivity contribution in [3.05, 3.63) is 64.2 Å². The van der Waals surface area contributed by atoms with E-state index in [2.05, 4.69) is 27.8 Å². The summed E-state index contributed by atoms with van der Waals surface area (Å²) in [5, 5.41) is 7.30. The minimum absolute atomic E-state index is 0. The molecule has 2 aromatic carbocycles. The number of aryl methyl sites for hydroxylation is 1. The maximum absolute atomic E-state index is 5.99. The van der Waals surface area contributed by atoms with E-state index in [0.29, 0.717) is 13.1 Å². The minimum Gasteiger partial charge on any atom is -0.496 e. The molecule has 0 aliphatic carbocycles. The summed E-state index contributed by atoms with van der Waals surface area (Å²) in [6.45, 7) is 3.34. The van der Waals surface area contributed by atoms with Crippen LogP contribution < -0.4 is 15.4 Å². The van der Waals surface area contributed by atoms with E-state index in [0.717, 1.165) is 27.9 Å². The smallest absolute Gasteiger partial charge is 0.191 e. The van der Waals surface area contributed by atoms with Gasteiger partial charge >= 0.3 is 0 Å². The predicted octanol–water partition coefficient (Wildman–Crippen LogP) is 4.14. The van der Waals surface area contributed by atoms with Crippen molar-refractivity contribution < 1.29 is 4.74 Å². The lowest BCUT2D eigenvalue weighted by Crippen LogP contribution is -2.36. The fraction of sp³-hybridized carbons (Fsp3) is 0.278. The van der Waals surface area contributed by atoms with Crippen molar-refractivity contribution in [2.75, 3.05) is 14.2 Å². The van der Waals surface area contributed by atoms with E-state index in [-0.39, 0.29) is 24.0 Å². The van der Waals surface area contributed by atoms with Gasteiger partial charge < -0.3 is 15.4 Å². The van der Waals surface area contributed by atoms with Crippen molar-refractivity contribution in [1.29, 1.82) is 0 Å². The van der Waals surface area contributed by atoms with Crippen LogP contribution in [-0.4, -0.2) is 20.1 Å². The molecule has 0 bridgehead atoms. The van der Waals surface area contributed by atoms with Crippen LogP contribution in [0, 0.1) is 6.92 Å². The lowest BCUT2D eigenvalue weighted by Gasteiger charge is -2.14. The van der Waals surface area contributed by atoms with Gasteiger partial charge in [-0.1, -0.05) is 35.9 Å². The highest BCUT2D eigenvalue weighted by molar-refractivity contribution is 14.0. The fourth-order valence-electron chi connectivity index (χ4n) is 2.23. The maximum atomic E-state index is 5.99. The molecule has 2 rings (SSSR count). The van der Waals surface area contributed by atoms with E-state index < -0.39 is 0 Å². The molecule has 0 saturated heterocycles. The zero-order valence-electron chi connectivity index (χ0n) is 14.1. The van der Waals surface area contributed by atoms with E-state index in [1.165, 1.54) is 5.56 Å². The first-order chi connectivity index (χ1) is 11.1. The van der Waals surface area contributed by atoms with Crippen molar-refractivity contribution in [3.8, 4) is 5.75 Å². The second-order valence-corrected chi connectivity index (χ2v) is 5.66. The molecule has 2 N–H and O–H groups in total. The van der Waals surface area contributed by atoms with Crippen molar-refractivity contribution in [2.45, 2.75) is 20.0 Å². The van der Waals surface area contributed by atoms with E-state index in [4.69, 9.17) is 16.3 Å². The lowest BCUT2D eigenvalue weighted by atomic mass is 10.1. The molecule has 0 heterocycles. The number of benzene rings is 2. The van der Waals surface area contributed by atoms with Crippen LogP contribution in [0.5, 0.6) is 5.75 Å². The van der Waals surface area contributed by atoms with Gasteiger partial charge in [0.15, 0.2) is 5.96 Å². The number of hydrogen-bond acceptors (Lipinski definition) is 2. The topological polar surface area (TPSA) is 45.7 Å². The third-order valence-corrected chi connectivity index (χ3v) is 3.70. The first-order valence-electron chi connectivity index (χ1n) is 7.45. The molecule has 0 saturated carbocycles. The normalized spacial score (nSPS) is 10.8. The second kappa shape index (κ2) is 10.4. The van der Waals surface area contributed by atoms with Crippen molar-refractivity contribution in [3.63, 3.8) is 0 Å². The molecule has 130 valence electrons. The van der Waals surface area contributed by atoms with Crippen molar-refractivity contribution in [1.82, 2.24) is 10.6 Å². The minimum atomic E-state index is 0. The number of nitrogens with zero attached hydrogens (tertiary/aromatic N) is 1. The largest absolute Gasteiger partial charge is 0.496 e. The average Bonchev–Trinajstić information content (AvgIpc) is 2.56. The summed E-state index contributed by atoms with van der Waals surface area (Å²) in [6, 6.07) is 13.9. The van der Waals surface area contributed by atoms with E-state index in [1.54, 1.807) is 14.2 Å². The molecule has 0 aromatic heterocycles. The molecule has 0 unspecified atom stereocenters. The molecular formula is C18H23ClIN3O. The van der Waals surface area contributed by atoms with Gasteiger partial charge in [0.05, 0.1) is 7.11 Å². The Morgan fingerprint density at radius 3 is 2.54 bits per heavy atom. The van der Waals surface area contributed by atoms with Gasteiger partial charge in [-0.25, -0.2) is 0 Å². The van der Waals surface area contributed by atoms with Crippen LogP contribution in [-0.2, 0) is 13.1 Å². The summed E-state index contributed by atoms with van der Waals surface area (Å²) in [4.78, 5) is 4.23. The second-order valence-electron chi connectivity index (χ2n) is 5.22. The van der Waals surface area contributed by atoms with Crippen LogP contribution in [0.4, 0.5) is 0 Å². The van der Waals surface area contributed by atoms with E-state index in [1.807, 2.05) is 37.3 Å². The number of methoxy groups -OCH3 is 1. The summed E-state index contributed by atoms with van der Waals surface area (Å²) in [7, 11) is 3.43. The van der Waals surface area contributed by atoms with Gasteiger partial charge in [0, 0.05) is 30.7 Å². The van der Waals surface area contributed by atoms with Gasteiger partial charge in [-0.15, -0.1) is 24.0 Å². The van der Waals surface area contributed by atoms with Crippen LogP contribution >= 0.6 is 35.6 Å². The summed E-state index contributed by atoms with van der Waals surface area (Å²) in [5.41, 5.74) is 3.37. The standard InChI is InChI=1S/C18H22ClN3O.HI/c1-13-7-8-15(17(9-13)23-3)12-22-18(20-2)21-11-14-5-4-6-16(19)10-14;/h4-10H,11-12H2,1-3H3,(H2,20,21,22);1H. The Morgan fingerprint density at radius 1 is 1.12 bits per heavy atom. The number of hydrogen-bond donors (Lipinski definition) is 2. The Labute approximate surface area is 165 Å². The van der Waals surface area contributed by atoms with Crippen molar-refractivity contribution >= 4 is 41.5 Å².